The topological polar surface area (TPSA) is 130 Å². The van der Waals surface area contributed by atoms with Crippen molar-refractivity contribution >= 4 is 74.5 Å². The van der Waals surface area contributed by atoms with Gasteiger partial charge in [0.1, 0.15) is 11.3 Å². The molecule has 1 saturated heterocycles. The summed E-state index contributed by atoms with van der Waals surface area (Å²) >= 11 is 14.8. The number of aliphatic hydroxyl groups excluding tert-OH is 1. The summed E-state index contributed by atoms with van der Waals surface area (Å²) in [7, 11) is 0. The lowest BCUT2D eigenvalue weighted by molar-refractivity contribution is -0.132. The maximum atomic E-state index is 13.7. The molecule has 3 aromatic heterocycles. The number of hydrogen-bond acceptors (Lipinski definition) is 10. The number of ether oxygens (including phenoxy) is 1. The Morgan fingerprint density at radius 3 is 2.64 bits per heavy atom. The van der Waals surface area contributed by atoms with Gasteiger partial charge in [0.25, 0.3) is 5.78 Å². The number of phenolic OH excluding ortho intramolecular Hbond substituents is 1. The molecule has 0 bridgehead atoms. The highest BCUT2D eigenvalue weighted by Gasteiger charge is 2.49. The van der Waals surface area contributed by atoms with Crippen molar-refractivity contribution in [1.29, 1.82) is 0 Å². The van der Waals surface area contributed by atoms with E-state index in [1.807, 2.05) is 35.7 Å². The number of pyridine rings is 1. The zero-order valence-corrected chi connectivity index (χ0v) is 27.3. The Labute approximate surface area is 275 Å². The van der Waals surface area contributed by atoms with Gasteiger partial charge in [0, 0.05) is 22.0 Å². The number of amides is 1. The van der Waals surface area contributed by atoms with E-state index in [4.69, 9.17) is 27.9 Å². The van der Waals surface area contributed by atoms with Crippen LogP contribution in [0.4, 0.5) is 5.13 Å². The minimum Gasteiger partial charge on any atom is -0.505 e. The standard InChI is InChI=1S/C31H25Cl2N5O5S2/c1-4-43-22-12-17(8-10-21(22)39)25-23(26(40)24-16(3)37-11-5-6-15(2)28(37)34-24)27(41)29(42)38(25)30-35-36-31(45-30)44-14-18-7-9-19(32)13-20(18)33/h5-13,25,39-40H,4,14H2,1-3H3. The monoisotopic (exact) mass is 681 g/mol. The lowest BCUT2D eigenvalue weighted by Gasteiger charge is -2.23. The van der Waals surface area contributed by atoms with E-state index >= 15 is 0 Å². The van der Waals surface area contributed by atoms with Crippen molar-refractivity contribution in [2.45, 2.75) is 36.9 Å². The Balaban J connectivity index is 1.45. The van der Waals surface area contributed by atoms with Crippen LogP contribution in [0.25, 0.3) is 11.4 Å². The number of rotatable bonds is 8. The first kappa shape index (κ1) is 30.9. The van der Waals surface area contributed by atoms with E-state index in [1.54, 1.807) is 32.0 Å². The van der Waals surface area contributed by atoms with Crippen LogP contribution in [0.15, 0.2) is 64.6 Å². The fourth-order valence-electron chi connectivity index (χ4n) is 5.13. The quantitative estimate of drug-likeness (QED) is 0.0577. The molecule has 1 aliphatic heterocycles. The number of benzene rings is 2. The zero-order valence-electron chi connectivity index (χ0n) is 24.1. The van der Waals surface area contributed by atoms with Crippen molar-refractivity contribution in [3.8, 4) is 11.5 Å². The first-order valence-corrected chi connectivity index (χ1v) is 16.3. The van der Waals surface area contributed by atoms with E-state index in [1.165, 1.54) is 28.8 Å². The molecular weight excluding hydrogens is 657 g/mol. The molecule has 1 aliphatic rings. The molecule has 1 atom stereocenters. The molecule has 1 unspecified atom stereocenters. The number of hydrogen-bond donors (Lipinski definition) is 2. The number of thioether (sulfide) groups is 1. The van der Waals surface area contributed by atoms with Crippen molar-refractivity contribution in [3.05, 3.63) is 98.4 Å². The average molecular weight is 683 g/mol. The normalized spacial score (nSPS) is 16.2. The Kier molecular flexibility index (Phi) is 8.49. The van der Waals surface area contributed by atoms with E-state index in [0.717, 1.165) is 22.5 Å². The number of Topliss-reactive ketones (excluding diaryl/α,β-unsaturated/α-hetero) is 1. The molecular formula is C31H25Cl2N5O5S2. The number of aryl methyl sites for hydroxylation is 2. The molecule has 5 aromatic rings. The number of ketones is 1. The van der Waals surface area contributed by atoms with Crippen LogP contribution in [-0.4, -0.2) is 48.1 Å². The van der Waals surface area contributed by atoms with Crippen LogP contribution in [0, 0.1) is 13.8 Å². The Morgan fingerprint density at radius 1 is 1.11 bits per heavy atom. The molecule has 6 rings (SSSR count). The number of fused-ring (bicyclic) bond motifs is 1. The fourth-order valence-corrected chi connectivity index (χ4v) is 7.55. The van der Waals surface area contributed by atoms with Crippen LogP contribution in [-0.2, 0) is 15.3 Å². The van der Waals surface area contributed by atoms with Crippen molar-refractivity contribution in [3.63, 3.8) is 0 Å². The number of nitrogens with zero attached hydrogens (tertiary/aromatic N) is 5. The summed E-state index contributed by atoms with van der Waals surface area (Å²) in [6.45, 7) is 5.70. The smallest absolute Gasteiger partial charge is 0.301 e. The molecule has 0 saturated carbocycles. The summed E-state index contributed by atoms with van der Waals surface area (Å²) in [5.41, 5.74) is 3.32. The van der Waals surface area contributed by atoms with Crippen LogP contribution >= 0.6 is 46.3 Å². The van der Waals surface area contributed by atoms with E-state index in [0.29, 0.717) is 37.0 Å². The maximum absolute atomic E-state index is 13.7. The highest BCUT2D eigenvalue weighted by molar-refractivity contribution is 8.00. The van der Waals surface area contributed by atoms with Gasteiger partial charge in [-0.05, 0) is 67.8 Å². The molecule has 230 valence electrons. The van der Waals surface area contributed by atoms with E-state index in [2.05, 4.69) is 15.2 Å². The number of carbonyl (C=O) groups is 2. The lowest BCUT2D eigenvalue weighted by atomic mass is 9.96. The van der Waals surface area contributed by atoms with Gasteiger partial charge in [-0.25, -0.2) is 4.98 Å². The first-order valence-electron chi connectivity index (χ1n) is 13.7. The van der Waals surface area contributed by atoms with Gasteiger partial charge in [-0.1, -0.05) is 64.5 Å². The van der Waals surface area contributed by atoms with Gasteiger partial charge in [-0.2, -0.15) is 0 Å². The Bertz CT molecular complexity index is 2020. The maximum Gasteiger partial charge on any atom is 0.301 e. The minimum atomic E-state index is -1.12. The van der Waals surface area contributed by atoms with Crippen LogP contribution in [0.2, 0.25) is 10.0 Å². The van der Waals surface area contributed by atoms with Gasteiger partial charge >= 0.3 is 5.91 Å². The second-order valence-corrected chi connectivity index (χ2v) is 13.2. The van der Waals surface area contributed by atoms with Crippen LogP contribution < -0.4 is 9.64 Å². The van der Waals surface area contributed by atoms with Crippen molar-refractivity contribution in [2.75, 3.05) is 11.5 Å². The zero-order chi connectivity index (χ0) is 32.0. The highest BCUT2D eigenvalue weighted by Crippen LogP contribution is 2.46. The average Bonchev–Trinajstić information content (AvgIpc) is 3.69. The third-order valence-electron chi connectivity index (χ3n) is 7.32. The number of aromatic hydroxyl groups is 1. The SMILES string of the molecule is CCOc1cc(C2C(=C(O)c3nc4c(C)cccn4c3C)C(=O)C(=O)N2c2nnc(SCc3ccc(Cl)cc3Cl)s2)ccc1O. The molecule has 1 amide bonds. The van der Waals surface area contributed by atoms with E-state index in [9.17, 15) is 19.8 Å². The van der Waals surface area contributed by atoms with Gasteiger partial charge in [0.2, 0.25) is 5.13 Å². The van der Waals surface area contributed by atoms with Crippen LogP contribution in [0.5, 0.6) is 11.5 Å². The molecule has 0 aliphatic carbocycles. The van der Waals surface area contributed by atoms with E-state index < -0.39 is 23.5 Å². The van der Waals surface area contributed by atoms with E-state index in [-0.39, 0.29) is 34.5 Å². The lowest BCUT2D eigenvalue weighted by Crippen LogP contribution is -2.29. The molecule has 2 aromatic carbocycles. The van der Waals surface area contributed by atoms with Crippen molar-refractivity contribution < 1.29 is 24.5 Å². The summed E-state index contributed by atoms with van der Waals surface area (Å²) < 4.78 is 7.94. The predicted molar refractivity (Wildman–Crippen MR) is 175 cm³/mol. The van der Waals surface area contributed by atoms with Crippen LogP contribution in [0.3, 0.4) is 0 Å². The Hall–Kier alpha value is -4.10. The second-order valence-electron chi connectivity index (χ2n) is 10.1. The number of aliphatic hydroxyl groups is 1. The summed E-state index contributed by atoms with van der Waals surface area (Å²) in [6.07, 6.45) is 1.81. The number of anilines is 1. The number of phenols is 1. The van der Waals surface area contributed by atoms with Crippen molar-refractivity contribution in [1.82, 2.24) is 19.6 Å². The molecule has 2 N–H and O–H groups in total. The molecule has 1 fully saturated rings. The second kappa shape index (κ2) is 12.4. The molecule has 4 heterocycles. The summed E-state index contributed by atoms with van der Waals surface area (Å²) in [6, 6.07) is 12.4. The summed E-state index contributed by atoms with van der Waals surface area (Å²) in [5.74, 6) is -1.71. The largest absolute Gasteiger partial charge is 0.505 e. The van der Waals surface area contributed by atoms with Gasteiger partial charge in [0.05, 0.1) is 23.9 Å². The molecule has 14 heteroatoms. The molecule has 0 radical (unpaired) electrons. The van der Waals surface area contributed by atoms with Gasteiger partial charge in [-0.3, -0.25) is 14.5 Å². The van der Waals surface area contributed by atoms with Gasteiger partial charge in [0.15, 0.2) is 21.6 Å². The van der Waals surface area contributed by atoms with Gasteiger partial charge in [-0.15, -0.1) is 10.2 Å². The number of aromatic nitrogens is 4. The number of carbonyl (C=O) groups excluding carboxylic acids is 2. The predicted octanol–water partition coefficient (Wildman–Crippen LogP) is 7.13. The Morgan fingerprint density at radius 2 is 1.91 bits per heavy atom. The minimum absolute atomic E-state index is 0.111. The number of imidazole rings is 1. The molecule has 45 heavy (non-hydrogen) atoms. The molecule has 10 nitrogen and oxygen atoms in total. The number of halogens is 2. The third kappa shape index (κ3) is 5.63. The van der Waals surface area contributed by atoms with Gasteiger partial charge < -0.3 is 19.4 Å². The third-order valence-corrected chi connectivity index (χ3v) is 10.0. The fraction of sp³-hybridized carbons (Fsp3) is 0.194. The summed E-state index contributed by atoms with van der Waals surface area (Å²) in [5, 5.41) is 31.8. The molecule has 0 spiro atoms. The van der Waals surface area contributed by atoms with Crippen molar-refractivity contribution in [2.24, 2.45) is 0 Å². The highest BCUT2D eigenvalue weighted by atomic mass is 35.5. The summed E-state index contributed by atoms with van der Waals surface area (Å²) in [4.78, 5) is 33.3. The van der Waals surface area contributed by atoms with Crippen LogP contribution in [0.1, 0.15) is 41.0 Å². The first-order chi connectivity index (χ1) is 21.6.